The Kier molecular flexibility index (Phi) is 4.00. The molecule has 4 heteroatoms. The Morgan fingerprint density at radius 3 is 2.77 bits per heavy atom. The van der Waals surface area contributed by atoms with Crippen molar-refractivity contribution in [1.29, 1.82) is 0 Å². The van der Waals surface area contributed by atoms with Gasteiger partial charge in [0.15, 0.2) is 0 Å². The molecular formula is C18H19NO3. The molecule has 1 atom stereocenters. The molecule has 1 aliphatic heterocycles. The number of hydrogen-bond donors (Lipinski definition) is 1. The molecule has 0 spiro atoms. The van der Waals surface area contributed by atoms with Crippen molar-refractivity contribution in [1.82, 2.24) is 5.32 Å². The van der Waals surface area contributed by atoms with Crippen LogP contribution in [0.1, 0.15) is 36.1 Å². The first-order valence-corrected chi connectivity index (χ1v) is 7.50. The van der Waals surface area contributed by atoms with Gasteiger partial charge >= 0.3 is 6.09 Å². The van der Waals surface area contributed by atoms with E-state index in [9.17, 15) is 4.79 Å². The maximum Gasteiger partial charge on any atom is 0.407 e. The van der Waals surface area contributed by atoms with Crippen molar-refractivity contribution >= 4 is 6.09 Å². The van der Waals surface area contributed by atoms with E-state index in [2.05, 4.69) is 5.32 Å². The molecule has 0 saturated carbocycles. The molecule has 1 amide bonds. The summed E-state index contributed by atoms with van der Waals surface area (Å²) in [5.41, 5.74) is 2.93. The molecule has 1 aliphatic rings. The smallest absolute Gasteiger partial charge is 0.407 e. The number of ether oxygens (including phenoxy) is 2. The zero-order valence-electron chi connectivity index (χ0n) is 12.8. The second-order valence-electron chi connectivity index (χ2n) is 5.35. The molecule has 114 valence electrons. The van der Waals surface area contributed by atoms with E-state index in [1.807, 2.05) is 56.3 Å². The van der Waals surface area contributed by atoms with E-state index >= 15 is 0 Å². The Morgan fingerprint density at radius 1 is 1.18 bits per heavy atom. The van der Waals surface area contributed by atoms with E-state index in [4.69, 9.17) is 9.47 Å². The zero-order chi connectivity index (χ0) is 15.5. The number of hydrogen-bond acceptors (Lipinski definition) is 3. The number of aryl methyl sites for hydroxylation is 1. The summed E-state index contributed by atoms with van der Waals surface area (Å²) < 4.78 is 11.2. The van der Waals surface area contributed by atoms with Gasteiger partial charge < -0.3 is 14.8 Å². The molecule has 0 aliphatic carbocycles. The molecule has 0 saturated heterocycles. The van der Waals surface area contributed by atoms with Gasteiger partial charge in [0.05, 0.1) is 12.6 Å². The number of benzene rings is 2. The van der Waals surface area contributed by atoms with E-state index in [-0.39, 0.29) is 6.04 Å². The molecule has 2 aromatic rings. The molecule has 22 heavy (non-hydrogen) atoms. The fourth-order valence-corrected chi connectivity index (χ4v) is 2.64. The highest BCUT2D eigenvalue weighted by atomic mass is 16.5. The van der Waals surface area contributed by atoms with Crippen LogP contribution in [0.25, 0.3) is 0 Å². The summed E-state index contributed by atoms with van der Waals surface area (Å²) >= 11 is 0. The van der Waals surface area contributed by atoms with Crippen LogP contribution in [0, 0.1) is 6.92 Å². The molecule has 2 aromatic carbocycles. The molecular weight excluding hydrogens is 278 g/mol. The van der Waals surface area contributed by atoms with Crippen molar-refractivity contribution < 1.29 is 14.3 Å². The molecule has 0 radical (unpaired) electrons. The Bertz CT molecular complexity index is 696. The van der Waals surface area contributed by atoms with Crippen LogP contribution in [-0.2, 0) is 4.74 Å². The van der Waals surface area contributed by atoms with Gasteiger partial charge in [-0.05, 0) is 25.0 Å². The van der Waals surface area contributed by atoms with Gasteiger partial charge in [-0.15, -0.1) is 0 Å². The third kappa shape index (κ3) is 2.64. The predicted molar refractivity (Wildman–Crippen MR) is 84.3 cm³/mol. The summed E-state index contributed by atoms with van der Waals surface area (Å²) in [6, 6.07) is 13.4. The van der Waals surface area contributed by atoms with Crippen LogP contribution in [0.15, 0.2) is 42.5 Å². The molecule has 1 N–H and O–H groups in total. The van der Waals surface area contributed by atoms with Gasteiger partial charge in [0.25, 0.3) is 0 Å². The summed E-state index contributed by atoms with van der Waals surface area (Å²) in [7, 11) is 0. The highest BCUT2D eigenvalue weighted by Gasteiger charge is 2.29. The fourth-order valence-electron chi connectivity index (χ4n) is 2.64. The van der Waals surface area contributed by atoms with E-state index in [1.165, 1.54) is 0 Å². The standard InChI is InChI=1S/C18H19NO3/c1-3-11-21-18(20)19-16-13-8-4-5-10-15(13)22-17-12(2)7-6-9-14(16)17/h4-10,16H,3,11H2,1-2H3,(H,19,20)/t16-/m0/s1. The molecule has 3 rings (SSSR count). The lowest BCUT2D eigenvalue weighted by Crippen LogP contribution is -2.32. The fraction of sp³-hybridized carbons (Fsp3) is 0.278. The lowest BCUT2D eigenvalue weighted by atomic mass is 9.93. The van der Waals surface area contributed by atoms with Crippen molar-refractivity contribution in [2.45, 2.75) is 26.3 Å². The van der Waals surface area contributed by atoms with E-state index in [1.54, 1.807) is 0 Å². The highest BCUT2D eigenvalue weighted by Crippen LogP contribution is 2.44. The van der Waals surface area contributed by atoms with Crippen LogP contribution >= 0.6 is 0 Å². The quantitative estimate of drug-likeness (QED) is 0.917. The maximum atomic E-state index is 12.0. The first-order valence-electron chi connectivity index (χ1n) is 7.50. The largest absolute Gasteiger partial charge is 0.456 e. The van der Waals surface area contributed by atoms with Gasteiger partial charge in [-0.3, -0.25) is 0 Å². The summed E-state index contributed by atoms with van der Waals surface area (Å²) in [5, 5.41) is 2.95. The van der Waals surface area contributed by atoms with E-state index < -0.39 is 6.09 Å². The molecule has 4 nitrogen and oxygen atoms in total. The number of fused-ring (bicyclic) bond motifs is 2. The van der Waals surface area contributed by atoms with Crippen LogP contribution in [0.4, 0.5) is 4.79 Å². The number of carbonyl (C=O) groups is 1. The lowest BCUT2D eigenvalue weighted by Gasteiger charge is -2.29. The van der Waals surface area contributed by atoms with Crippen LogP contribution in [0.3, 0.4) is 0 Å². The minimum atomic E-state index is -0.406. The van der Waals surface area contributed by atoms with Crippen molar-refractivity contribution in [2.75, 3.05) is 6.61 Å². The molecule has 1 heterocycles. The number of carbonyl (C=O) groups excluding carboxylic acids is 1. The SMILES string of the molecule is CCCOC(=O)N[C@H]1c2ccccc2Oc2c(C)cccc21. The van der Waals surface area contributed by atoms with Gasteiger partial charge in [0.1, 0.15) is 11.5 Å². The van der Waals surface area contributed by atoms with Gasteiger partial charge in [0, 0.05) is 11.1 Å². The van der Waals surface area contributed by atoms with Crippen LogP contribution < -0.4 is 10.1 Å². The van der Waals surface area contributed by atoms with Crippen LogP contribution in [0.5, 0.6) is 11.5 Å². The first kappa shape index (κ1) is 14.4. The normalized spacial score (nSPS) is 15.3. The average molecular weight is 297 g/mol. The minimum absolute atomic E-state index is 0.260. The monoisotopic (exact) mass is 297 g/mol. The van der Waals surface area contributed by atoms with Gasteiger partial charge in [-0.25, -0.2) is 4.79 Å². The van der Waals surface area contributed by atoms with Crippen molar-refractivity contribution in [3.8, 4) is 11.5 Å². The number of nitrogens with one attached hydrogen (secondary N) is 1. The minimum Gasteiger partial charge on any atom is -0.456 e. The van der Waals surface area contributed by atoms with Crippen molar-refractivity contribution in [3.05, 3.63) is 59.2 Å². The van der Waals surface area contributed by atoms with Crippen molar-refractivity contribution in [3.63, 3.8) is 0 Å². The Labute approximate surface area is 130 Å². The lowest BCUT2D eigenvalue weighted by molar-refractivity contribution is 0.143. The first-order chi connectivity index (χ1) is 10.7. The maximum absolute atomic E-state index is 12.0. The highest BCUT2D eigenvalue weighted by molar-refractivity contribution is 5.70. The van der Waals surface area contributed by atoms with Crippen molar-refractivity contribution in [2.24, 2.45) is 0 Å². The molecule has 0 aromatic heterocycles. The van der Waals surface area contributed by atoms with Gasteiger partial charge in [-0.1, -0.05) is 43.3 Å². The summed E-state index contributed by atoms with van der Waals surface area (Å²) in [6.07, 6.45) is 0.393. The molecule has 0 fully saturated rings. The molecule has 0 bridgehead atoms. The summed E-state index contributed by atoms with van der Waals surface area (Å²) in [5.74, 6) is 1.58. The van der Waals surface area contributed by atoms with Crippen LogP contribution in [-0.4, -0.2) is 12.7 Å². The van der Waals surface area contributed by atoms with Gasteiger partial charge in [-0.2, -0.15) is 0 Å². The predicted octanol–water partition coefficient (Wildman–Crippen LogP) is 4.33. The Balaban J connectivity index is 1.98. The Hall–Kier alpha value is -2.49. The number of alkyl carbamates (subject to hydrolysis) is 1. The summed E-state index contributed by atoms with van der Waals surface area (Å²) in [6.45, 7) is 4.38. The third-order valence-electron chi connectivity index (χ3n) is 3.69. The number of amides is 1. The molecule has 0 unspecified atom stereocenters. The van der Waals surface area contributed by atoms with E-state index in [0.29, 0.717) is 6.61 Å². The second kappa shape index (κ2) is 6.10. The number of para-hydroxylation sites is 2. The topological polar surface area (TPSA) is 47.6 Å². The zero-order valence-corrected chi connectivity index (χ0v) is 12.8. The van der Waals surface area contributed by atoms with E-state index in [0.717, 1.165) is 34.6 Å². The number of rotatable bonds is 3. The van der Waals surface area contributed by atoms with Gasteiger partial charge in [0.2, 0.25) is 0 Å². The third-order valence-corrected chi connectivity index (χ3v) is 3.69. The average Bonchev–Trinajstić information content (AvgIpc) is 2.53. The summed E-state index contributed by atoms with van der Waals surface area (Å²) in [4.78, 5) is 12.0. The van der Waals surface area contributed by atoms with Crippen LogP contribution in [0.2, 0.25) is 0 Å². The Morgan fingerprint density at radius 2 is 1.95 bits per heavy atom. The second-order valence-corrected chi connectivity index (χ2v) is 5.35.